The molecule has 2 N–H and O–H groups in total. The van der Waals surface area contributed by atoms with Gasteiger partial charge in [-0.3, -0.25) is 9.59 Å². The van der Waals surface area contributed by atoms with Crippen molar-refractivity contribution in [3.05, 3.63) is 16.0 Å². The summed E-state index contributed by atoms with van der Waals surface area (Å²) in [5.41, 5.74) is 1.95. The fourth-order valence-electron chi connectivity index (χ4n) is 3.16. The van der Waals surface area contributed by atoms with E-state index in [9.17, 15) is 9.59 Å². The van der Waals surface area contributed by atoms with Crippen molar-refractivity contribution < 1.29 is 9.59 Å². The van der Waals surface area contributed by atoms with Crippen LogP contribution in [0.1, 0.15) is 47.0 Å². The van der Waals surface area contributed by atoms with Gasteiger partial charge in [0.2, 0.25) is 5.91 Å². The minimum atomic E-state index is 0.0109. The van der Waals surface area contributed by atoms with Gasteiger partial charge in [-0.15, -0.1) is 11.3 Å². The molecule has 0 saturated carbocycles. The van der Waals surface area contributed by atoms with E-state index in [1.807, 2.05) is 11.8 Å². The highest BCUT2D eigenvalue weighted by molar-refractivity contribution is 7.17. The highest BCUT2D eigenvalue weighted by Crippen LogP contribution is 2.39. The van der Waals surface area contributed by atoms with Crippen molar-refractivity contribution in [1.82, 2.24) is 10.2 Å². The van der Waals surface area contributed by atoms with Gasteiger partial charge in [0.15, 0.2) is 0 Å². The zero-order valence-corrected chi connectivity index (χ0v) is 13.9. The lowest BCUT2D eigenvalue weighted by Crippen LogP contribution is -2.46. The number of carbonyl (C=O) groups excluding carboxylic acids is 2. The van der Waals surface area contributed by atoms with Gasteiger partial charge in [-0.05, 0) is 31.2 Å². The van der Waals surface area contributed by atoms with Crippen molar-refractivity contribution >= 4 is 28.2 Å². The van der Waals surface area contributed by atoms with Crippen LogP contribution >= 0.6 is 11.3 Å². The Bertz CT molecular complexity index is 576. The number of rotatable bonds is 4. The first-order valence-electron chi connectivity index (χ1n) is 8.15. The number of hydrogen-bond acceptors (Lipinski definition) is 4. The number of nitrogens with one attached hydrogen (secondary N) is 2. The minimum Gasteiger partial charge on any atom is -0.336 e. The molecule has 2 amide bonds. The standard InChI is InChI=1S/C16H23N3O2S/c1-2-4-13(20)18-15-14(11-5-3-6-12(11)22-15)16(21)19-9-7-17-8-10-19/h17H,2-10H2,1H3,(H,18,20). The van der Waals surface area contributed by atoms with Crippen LogP contribution in [0.25, 0.3) is 0 Å². The quantitative estimate of drug-likeness (QED) is 0.892. The third-order valence-corrected chi connectivity index (χ3v) is 5.48. The molecule has 0 unspecified atom stereocenters. The van der Waals surface area contributed by atoms with Gasteiger partial charge in [0, 0.05) is 37.5 Å². The molecule has 1 saturated heterocycles. The van der Waals surface area contributed by atoms with Gasteiger partial charge in [0.1, 0.15) is 5.00 Å². The monoisotopic (exact) mass is 321 g/mol. The van der Waals surface area contributed by atoms with Crippen LogP contribution < -0.4 is 10.6 Å². The second kappa shape index (κ2) is 6.79. The van der Waals surface area contributed by atoms with Crippen molar-refractivity contribution in [3.8, 4) is 0 Å². The van der Waals surface area contributed by atoms with Gasteiger partial charge in [0.05, 0.1) is 5.56 Å². The molecule has 0 radical (unpaired) electrons. The van der Waals surface area contributed by atoms with Gasteiger partial charge in [-0.25, -0.2) is 0 Å². The van der Waals surface area contributed by atoms with Gasteiger partial charge >= 0.3 is 0 Å². The van der Waals surface area contributed by atoms with E-state index in [4.69, 9.17) is 0 Å². The number of hydrogen-bond donors (Lipinski definition) is 2. The molecule has 22 heavy (non-hydrogen) atoms. The van der Waals surface area contributed by atoms with E-state index in [0.717, 1.165) is 62.4 Å². The van der Waals surface area contributed by atoms with E-state index in [0.29, 0.717) is 6.42 Å². The molecule has 3 rings (SSSR count). The summed E-state index contributed by atoms with van der Waals surface area (Å²) >= 11 is 1.60. The van der Waals surface area contributed by atoms with Gasteiger partial charge in [-0.1, -0.05) is 6.92 Å². The number of fused-ring (bicyclic) bond motifs is 1. The van der Waals surface area contributed by atoms with Crippen LogP contribution in [0.15, 0.2) is 0 Å². The molecule has 1 aromatic rings. The van der Waals surface area contributed by atoms with E-state index in [1.165, 1.54) is 10.4 Å². The molecular formula is C16H23N3O2S. The molecule has 0 spiro atoms. The Labute approximate surface area is 135 Å². The average molecular weight is 321 g/mol. The molecule has 1 aromatic heterocycles. The van der Waals surface area contributed by atoms with Crippen LogP contribution in [-0.4, -0.2) is 42.9 Å². The molecule has 6 heteroatoms. The van der Waals surface area contributed by atoms with E-state index in [2.05, 4.69) is 10.6 Å². The summed E-state index contributed by atoms with van der Waals surface area (Å²) in [6.45, 7) is 5.16. The fraction of sp³-hybridized carbons (Fsp3) is 0.625. The lowest BCUT2D eigenvalue weighted by molar-refractivity contribution is -0.116. The van der Waals surface area contributed by atoms with Crippen LogP contribution in [0.4, 0.5) is 5.00 Å². The Balaban J connectivity index is 1.87. The van der Waals surface area contributed by atoms with Crippen LogP contribution in [0.3, 0.4) is 0 Å². The van der Waals surface area contributed by atoms with Gasteiger partial charge in [0.25, 0.3) is 5.91 Å². The maximum Gasteiger partial charge on any atom is 0.257 e. The first-order chi connectivity index (χ1) is 10.7. The molecule has 0 atom stereocenters. The third-order valence-electron chi connectivity index (χ3n) is 4.27. The number of thiophene rings is 1. The first kappa shape index (κ1) is 15.5. The zero-order chi connectivity index (χ0) is 15.5. The molecule has 0 bridgehead atoms. The van der Waals surface area contributed by atoms with Crippen molar-refractivity contribution in [2.75, 3.05) is 31.5 Å². The Kier molecular flexibility index (Phi) is 4.78. The van der Waals surface area contributed by atoms with Crippen molar-refractivity contribution in [1.29, 1.82) is 0 Å². The lowest BCUT2D eigenvalue weighted by atomic mass is 10.1. The van der Waals surface area contributed by atoms with Crippen LogP contribution in [0.5, 0.6) is 0 Å². The summed E-state index contributed by atoms with van der Waals surface area (Å²) in [6, 6.07) is 0. The Morgan fingerprint density at radius 2 is 2.05 bits per heavy atom. The summed E-state index contributed by atoms with van der Waals surface area (Å²) < 4.78 is 0. The second-order valence-corrected chi connectivity index (χ2v) is 7.01. The summed E-state index contributed by atoms with van der Waals surface area (Å²) in [5.74, 6) is 0.101. The largest absolute Gasteiger partial charge is 0.336 e. The number of nitrogens with zero attached hydrogens (tertiary/aromatic N) is 1. The molecule has 2 aliphatic rings. The number of anilines is 1. The Morgan fingerprint density at radius 1 is 1.27 bits per heavy atom. The van der Waals surface area contributed by atoms with Crippen LogP contribution in [0.2, 0.25) is 0 Å². The molecule has 120 valence electrons. The second-order valence-electron chi connectivity index (χ2n) is 5.90. The molecular weight excluding hydrogens is 298 g/mol. The first-order valence-corrected chi connectivity index (χ1v) is 8.96. The van der Waals surface area contributed by atoms with E-state index < -0.39 is 0 Å². The maximum absolute atomic E-state index is 12.9. The Morgan fingerprint density at radius 3 is 2.77 bits per heavy atom. The summed E-state index contributed by atoms with van der Waals surface area (Å²) in [7, 11) is 0. The molecule has 5 nitrogen and oxygen atoms in total. The molecule has 1 aliphatic heterocycles. The average Bonchev–Trinajstić information content (AvgIpc) is 3.08. The summed E-state index contributed by atoms with van der Waals surface area (Å²) in [4.78, 5) is 28.1. The number of carbonyl (C=O) groups is 2. The van der Waals surface area contributed by atoms with Gasteiger partial charge < -0.3 is 15.5 Å². The van der Waals surface area contributed by atoms with Crippen molar-refractivity contribution in [3.63, 3.8) is 0 Å². The smallest absolute Gasteiger partial charge is 0.257 e. The molecule has 2 heterocycles. The van der Waals surface area contributed by atoms with Crippen LogP contribution in [-0.2, 0) is 17.6 Å². The summed E-state index contributed by atoms with van der Waals surface area (Å²) in [5, 5.41) is 7.02. The fourth-order valence-corrected chi connectivity index (χ4v) is 4.46. The van der Waals surface area contributed by atoms with E-state index in [-0.39, 0.29) is 11.8 Å². The number of piperazine rings is 1. The highest BCUT2D eigenvalue weighted by atomic mass is 32.1. The van der Waals surface area contributed by atoms with E-state index in [1.54, 1.807) is 11.3 Å². The maximum atomic E-state index is 12.9. The van der Waals surface area contributed by atoms with Crippen molar-refractivity contribution in [2.45, 2.75) is 39.0 Å². The topological polar surface area (TPSA) is 61.4 Å². The Hall–Kier alpha value is -1.40. The minimum absolute atomic E-state index is 0.0109. The van der Waals surface area contributed by atoms with Crippen molar-refractivity contribution in [2.24, 2.45) is 0 Å². The SMILES string of the molecule is CCCC(=O)Nc1sc2c(c1C(=O)N1CCNCC1)CCC2. The molecule has 1 fully saturated rings. The third kappa shape index (κ3) is 3.03. The molecule has 0 aromatic carbocycles. The summed E-state index contributed by atoms with van der Waals surface area (Å²) in [6.07, 6.45) is 4.43. The number of aryl methyl sites for hydroxylation is 1. The van der Waals surface area contributed by atoms with Crippen LogP contribution in [0, 0.1) is 0 Å². The van der Waals surface area contributed by atoms with E-state index >= 15 is 0 Å². The normalized spacial score (nSPS) is 17.4. The molecule has 1 aliphatic carbocycles. The van der Waals surface area contributed by atoms with Gasteiger partial charge in [-0.2, -0.15) is 0 Å². The lowest BCUT2D eigenvalue weighted by Gasteiger charge is -2.28. The highest BCUT2D eigenvalue weighted by Gasteiger charge is 2.30. The predicted octanol–water partition coefficient (Wildman–Crippen LogP) is 2.02. The predicted molar refractivity (Wildman–Crippen MR) is 88.7 cm³/mol. The zero-order valence-electron chi connectivity index (χ0n) is 13.0. The number of amides is 2.